The third-order valence-corrected chi connectivity index (χ3v) is 7.27. The van der Waals surface area contributed by atoms with Gasteiger partial charge in [-0.05, 0) is 62.4 Å². The van der Waals surface area contributed by atoms with Crippen LogP contribution in [-0.2, 0) is 10.2 Å². The van der Waals surface area contributed by atoms with Gasteiger partial charge < -0.3 is 25.8 Å². The number of aliphatic carboxylic acids is 1. The molecule has 2 aliphatic rings. The van der Waals surface area contributed by atoms with Crippen LogP contribution in [0.3, 0.4) is 0 Å². The molecule has 2 heterocycles. The van der Waals surface area contributed by atoms with Crippen LogP contribution in [0.1, 0.15) is 64.4 Å². The summed E-state index contributed by atoms with van der Waals surface area (Å²) in [5.41, 5.74) is 2.58. The van der Waals surface area contributed by atoms with E-state index in [9.17, 15) is 22.8 Å². The van der Waals surface area contributed by atoms with E-state index in [1.54, 1.807) is 13.1 Å². The van der Waals surface area contributed by atoms with E-state index in [4.69, 9.17) is 14.6 Å². The summed E-state index contributed by atoms with van der Waals surface area (Å²) in [6, 6.07) is 13.8. The first-order chi connectivity index (χ1) is 18.5. The second kappa shape index (κ2) is 13.0. The summed E-state index contributed by atoms with van der Waals surface area (Å²) in [5, 5.41) is 16.3. The molecule has 4 rings (SSSR count). The van der Waals surface area contributed by atoms with Crippen molar-refractivity contribution >= 4 is 17.8 Å². The number of carboxylic acid groups (broad SMARTS) is 1. The zero-order chi connectivity index (χ0) is 28.6. The lowest BCUT2D eigenvalue weighted by molar-refractivity contribution is -0.192. The first kappa shape index (κ1) is 29.9. The van der Waals surface area contributed by atoms with E-state index in [0.29, 0.717) is 35.9 Å². The molecule has 0 saturated carbocycles. The van der Waals surface area contributed by atoms with Crippen molar-refractivity contribution in [3.05, 3.63) is 64.7 Å². The Morgan fingerprint density at radius 1 is 1.10 bits per heavy atom. The van der Waals surface area contributed by atoms with Crippen LogP contribution < -0.4 is 20.7 Å². The molecule has 2 aromatic carbocycles. The predicted molar refractivity (Wildman–Crippen MR) is 139 cm³/mol. The van der Waals surface area contributed by atoms with E-state index in [1.165, 1.54) is 0 Å². The smallest absolute Gasteiger partial charge is 0.490 e. The van der Waals surface area contributed by atoms with Crippen molar-refractivity contribution < 1.29 is 37.4 Å². The molecule has 0 spiro atoms. The van der Waals surface area contributed by atoms with Crippen LogP contribution >= 0.6 is 0 Å². The lowest BCUT2D eigenvalue weighted by atomic mass is 9.73. The third-order valence-electron chi connectivity index (χ3n) is 7.27. The Kier molecular flexibility index (Phi) is 9.96. The normalized spacial score (nSPS) is 18.7. The van der Waals surface area contributed by atoms with Gasteiger partial charge in [0.15, 0.2) is 0 Å². The zero-order valence-corrected chi connectivity index (χ0v) is 22.0. The van der Waals surface area contributed by atoms with Crippen molar-refractivity contribution in [1.29, 1.82) is 0 Å². The SMILES string of the molecule is CCC1(c2ccccc2)COc2c(C(=O)NC)cc(C(=O)NCCC3CCNCC3)cc21.O=C(O)C(F)(F)F. The highest BCUT2D eigenvalue weighted by Crippen LogP contribution is 2.47. The molecular formula is C28H34F3N3O5. The summed E-state index contributed by atoms with van der Waals surface area (Å²) < 4.78 is 37.8. The molecule has 0 radical (unpaired) electrons. The number of benzene rings is 2. The number of carboxylic acids is 1. The van der Waals surface area contributed by atoms with Gasteiger partial charge in [-0.15, -0.1) is 0 Å². The van der Waals surface area contributed by atoms with E-state index in [2.05, 4.69) is 35.0 Å². The lowest BCUT2D eigenvalue weighted by Crippen LogP contribution is -2.32. The number of hydrogen-bond donors (Lipinski definition) is 4. The second-order valence-corrected chi connectivity index (χ2v) is 9.61. The average Bonchev–Trinajstić information content (AvgIpc) is 3.32. The highest BCUT2D eigenvalue weighted by atomic mass is 19.4. The molecule has 2 aliphatic heterocycles. The van der Waals surface area contributed by atoms with Crippen molar-refractivity contribution in [1.82, 2.24) is 16.0 Å². The van der Waals surface area contributed by atoms with Crippen LogP contribution in [0.25, 0.3) is 0 Å². The topological polar surface area (TPSA) is 117 Å². The number of carbonyl (C=O) groups is 3. The van der Waals surface area contributed by atoms with Crippen LogP contribution in [0, 0.1) is 5.92 Å². The number of halogens is 3. The standard InChI is InChI=1S/C26H33N3O3.C2HF3O2/c1-3-26(20-7-5-4-6-8-20)17-32-23-21(25(31)27-2)15-19(16-22(23)26)24(30)29-14-11-18-9-12-28-13-10-18;3-2(4,5)1(6)7/h4-8,15-16,18,28H,3,9-14,17H2,1-2H3,(H,27,31)(H,29,30);(H,6,7). The third kappa shape index (κ3) is 7.08. The predicted octanol–water partition coefficient (Wildman–Crippen LogP) is 3.89. The molecule has 11 heteroatoms. The molecule has 1 fully saturated rings. The molecule has 8 nitrogen and oxygen atoms in total. The summed E-state index contributed by atoms with van der Waals surface area (Å²) in [5.74, 6) is -1.91. The fourth-order valence-corrected chi connectivity index (χ4v) is 5.00. The van der Waals surface area contributed by atoms with Crippen LogP contribution in [0.5, 0.6) is 5.75 Å². The average molecular weight is 550 g/mol. The largest absolute Gasteiger partial charge is 0.491 e. The summed E-state index contributed by atoms with van der Waals surface area (Å²) in [6.07, 6.45) is -0.989. The van der Waals surface area contributed by atoms with Gasteiger partial charge in [0.25, 0.3) is 11.8 Å². The van der Waals surface area contributed by atoms with E-state index in [-0.39, 0.29) is 17.2 Å². The van der Waals surface area contributed by atoms with Crippen LogP contribution in [0.15, 0.2) is 42.5 Å². The molecule has 1 unspecified atom stereocenters. The van der Waals surface area contributed by atoms with Gasteiger partial charge in [-0.25, -0.2) is 4.79 Å². The minimum atomic E-state index is -5.08. The van der Waals surface area contributed by atoms with Crippen LogP contribution in [-0.4, -0.2) is 62.4 Å². The van der Waals surface area contributed by atoms with E-state index < -0.39 is 12.1 Å². The molecule has 1 saturated heterocycles. The number of hydrogen-bond acceptors (Lipinski definition) is 5. The maximum atomic E-state index is 13.1. The van der Waals surface area contributed by atoms with Gasteiger partial charge in [-0.3, -0.25) is 9.59 Å². The molecular weight excluding hydrogens is 515 g/mol. The summed E-state index contributed by atoms with van der Waals surface area (Å²) >= 11 is 0. The quantitative estimate of drug-likeness (QED) is 0.417. The highest BCUT2D eigenvalue weighted by Gasteiger charge is 2.43. The van der Waals surface area contributed by atoms with Gasteiger partial charge in [0.1, 0.15) is 12.4 Å². The first-order valence-electron chi connectivity index (χ1n) is 12.9. The molecule has 2 aromatic rings. The first-order valence-corrected chi connectivity index (χ1v) is 12.9. The van der Waals surface area contributed by atoms with Crippen LogP contribution in [0.2, 0.25) is 0 Å². The molecule has 2 amide bonds. The number of amides is 2. The Bertz CT molecular complexity index is 1170. The van der Waals surface area contributed by atoms with Gasteiger partial charge in [-0.1, -0.05) is 37.3 Å². The lowest BCUT2D eigenvalue weighted by Gasteiger charge is -2.27. The Hall–Kier alpha value is -3.60. The molecule has 39 heavy (non-hydrogen) atoms. The number of ether oxygens (including phenoxy) is 1. The minimum absolute atomic E-state index is 0.142. The van der Waals surface area contributed by atoms with Gasteiger partial charge in [0.05, 0.1) is 11.0 Å². The molecule has 4 N–H and O–H groups in total. The number of piperidine rings is 1. The number of alkyl halides is 3. The van der Waals surface area contributed by atoms with Crippen molar-refractivity contribution in [2.45, 2.75) is 44.2 Å². The summed E-state index contributed by atoms with van der Waals surface area (Å²) in [6.45, 7) is 5.32. The highest BCUT2D eigenvalue weighted by molar-refractivity contribution is 6.02. The number of fused-ring (bicyclic) bond motifs is 1. The van der Waals surface area contributed by atoms with Gasteiger partial charge in [0, 0.05) is 24.7 Å². The fraction of sp³-hybridized carbons (Fsp3) is 0.464. The van der Waals surface area contributed by atoms with Crippen molar-refractivity contribution in [3.63, 3.8) is 0 Å². The molecule has 212 valence electrons. The summed E-state index contributed by atoms with van der Waals surface area (Å²) in [4.78, 5) is 34.7. The Morgan fingerprint density at radius 3 is 2.31 bits per heavy atom. The van der Waals surface area contributed by atoms with E-state index >= 15 is 0 Å². The molecule has 1 atom stereocenters. The van der Waals surface area contributed by atoms with E-state index in [1.807, 2.05) is 24.3 Å². The monoisotopic (exact) mass is 549 g/mol. The van der Waals surface area contributed by atoms with E-state index in [0.717, 1.165) is 49.9 Å². The van der Waals surface area contributed by atoms with Gasteiger partial charge >= 0.3 is 12.1 Å². The Labute approximate surface area is 225 Å². The number of rotatable bonds is 7. The maximum Gasteiger partial charge on any atom is 0.490 e. The molecule has 0 aliphatic carbocycles. The number of nitrogens with one attached hydrogen (secondary N) is 3. The van der Waals surface area contributed by atoms with Crippen molar-refractivity contribution in [2.24, 2.45) is 5.92 Å². The zero-order valence-electron chi connectivity index (χ0n) is 22.0. The van der Waals surface area contributed by atoms with Gasteiger partial charge in [0.2, 0.25) is 0 Å². The Morgan fingerprint density at radius 2 is 1.74 bits per heavy atom. The summed E-state index contributed by atoms with van der Waals surface area (Å²) in [7, 11) is 1.60. The molecule has 0 bridgehead atoms. The fourth-order valence-electron chi connectivity index (χ4n) is 5.00. The van der Waals surface area contributed by atoms with Crippen molar-refractivity contribution in [3.8, 4) is 5.75 Å². The van der Waals surface area contributed by atoms with Gasteiger partial charge in [-0.2, -0.15) is 13.2 Å². The minimum Gasteiger partial charge on any atom is -0.491 e. The van der Waals surface area contributed by atoms with Crippen LogP contribution in [0.4, 0.5) is 13.2 Å². The number of carbonyl (C=O) groups excluding carboxylic acids is 2. The van der Waals surface area contributed by atoms with Crippen molar-refractivity contribution in [2.75, 3.05) is 33.3 Å². The maximum absolute atomic E-state index is 13.1. The molecule has 0 aromatic heterocycles. The Balaban J connectivity index is 0.000000532. The second-order valence-electron chi connectivity index (χ2n) is 9.61.